The third kappa shape index (κ3) is 3.73. The Labute approximate surface area is 166 Å². The maximum Gasteiger partial charge on any atom is 0.349 e. The molecular weight excluding hydrogens is 382 g/mol. The maximum absolute atomic E-state index is 12.8. The van der Waals surface area contributed by atoms with Gasteiger partial charge < -0.3 is 4.90 Å². The largest absolute Gasteiger partial charge is 0.349 e. The standard InChI is InChI=1S/C20H18ClN3O2S/c21-15-6-7-17-16(12-15)19(14-4-2-1-3-5-14)22-20(26)24(17)13-18(25)23-8-10-27-11-9-23/h1-7,12H,8-11,13H2. The van der Waals surface area contributed by atoms with Crippen molar-refractivity contribution in [1.29, 1.82) is 0 Å². The molecule has 0 radical (unpaired) electrons. The SMILES string of the molecule is O=C(Cn1c(=O)nc(-c2ccccc2)c2cc(Cl)ccc21)N1CCSCC1. The highest BCUT2D eigenvalue weighted by atomic mass is 35.5. The van der Waals surface area contributed by atoms with Crippen LogP contribution in [0.2, 0.25) is 5.02 Å². The van der Waals surface area contributed by atoms with Crippen molar-refractivity contribution >= 4 is 40.2 Å². The fraction of sp³-hybridized carbons (Fsp3) is 0.250. The van der Waals surface area contributed by atoms with Gasteiger partial charge in [-0.3, -0.25) is 9.36 Å². The number of amides is 1. The first-order valence-electron chi connectivity index (χ1n) is 8.74. The minimum absolute atomic E-state index is 0.0102. The van der Waals surface area contributed by atoms with Gasteiger partial charge in [-0.15, -0.1) is 0 Å². The number of carbonyl (C=O) groups excluding carboxylic acids is 1. The van der Waals surface area contributed by atoms with Crippen LogP contribution in [-0.4, -0.2) is 45.0 Å². The van der Waals surface area contributed by atoms with Crippen molar-refractivity contribution in [3.05, 3.63) is 64.0 Å². The summed E-state index contributed by atoms with van der Waals surface area (Å²) in [5.41, 5.74) is 1.66. The number of rotatable bonds is 3. The van der Waals surface area contributed by atoms with Crippen LogP contribution >= 0.6 is 23.4 Å². The van der Waals surface area contributed by atoms with E-state index in [-0.39, 0.29) is 12.5 Å². The lowest BCUT2D eigenvalue weighted by atomic mass is 10.1. The second-order valence-corrected chi connectivity index (χ2v) is 8.01. The molecular formula is C20H18ClN3O2S. The van der Waals surface area contributed by atoms with E-state index in [4.69, 9.17) is 11.6 Å². The van der Waals surface area contributed by atoms with E-state index in [1.807, 2.05) is 47.0 Å². The van der Waals surface area contributed by atoms with Crippen molar-refractivity contribution in [2.75, 3.05) is 24.6 Å². The van der Waals surface area contributed by atoms with Crippen LogP contribution in [0.15, 0.2) is 53.3 Å². The number of hydrogen-bond acceptors (Lipinski definition) is 4. The normalized spacial score (nSPS) is 14.5. The summed E-state index contributed by atoms with van der Waals surface area (Å²) in [6, 6.07) is 14.8. The second-order valence-electron chi connectivity index (χ2n) is 6.35. The summed E-state index contributed by atoms with van der Waals surface area (Å²) < 4.78 is 1.45. The average molecular weight is 400 g/mol. The first kappa shape index (κ1) is 18.1. The summed E-state index contributed by atoms with van der Waals surface area (Å²) in [7, 11) is 0. The molecule has 3 aromatic rings. The lowest BCUT2D eigenvalue weighted by Crippen LogP contribution is -2.41. The molecule has 1 aromatic heterocycles. The molecule has 0 bridgehead atoms. The van der Waals surface area contributed by atoms with Crippen molar-refractivity contribution in [3.8, 4) is 11.3 Å². The Kier molecular flexibility index (Phi) is 5.18. The molecule has 1 aliphatic heterocycles. The minimum atomic E-state index is -0.427. The summed E-state index contributed by atoms with van der Waals surface area (Å²) in [5.74, 6) is 1.81. The molecule has 2 aromatic carbocycles. The third-order valence-electron chi connectivity index (χ3n) is 4.65. The minimum Gasteiger partial charge on any atom is -0.339 e. The average Bonchev–Trinajstić information content (AvgIpc) is 2.71. The summed E-state index contributed by atoms with van der Waals surface area (Å²) >= 11 is 8.04. The zero-order chi connectivity index (χ0) is 18.8. The van der Waals surface area contributed by atoms with Crippen LogP contribution in [0.4, 0.5) is 0 Å². The number of nitrogens with zero attached hydrogens (tertiary/aromatic N) is 3. The zero-order valence-electron chi connectivity index (χ0n) is 14.6. The van der Waals surface area contributed by atoms with E-state index in [2.05, 4.69) is 4.98 Å². The van der Waals surface area contributed by atoms with Crippen LogP contribution < -0.4 is 5.69 Å². The Morgan fingerprint density at radius 1 is 1.11 bits per heavy atom. The lowest BCUT2D eigenvalue weighted by molar-refractivity contribution is -0.131. The van der Waals surface area contributed by atoms with E-state index in [0.717, 1.165) is 35.5 Å². The van der Waals surface area contributed by atoms with Crippen molar-refractivity contribution in [2.45, 2.75) is 6.54 Å². The number of thioether (sulfide) groups is 1. The molecule has 1 amide bonds. The van der Waals surface area contributed by atoms with Crippen molar-refractivity contribution in [3.63, 3.8) is 0 Å². The molecule has 138 valence electrons. The number of aromatic nitrogens is 2. The van der Waals surface area contributed by atoms with E-state index in [1.165, 1.54) is 4.57 Å². The highest BCUT2D eigenvalue weighted by Crippen LogP contribution is 2.27. The number of halogens is 1. The lowest BCUT2D eigenvalue weighted by Gasteiger charge is -2.27. The van der Waals surface area contributed by atoms with Crippen LogP contribution in [0.25, 0.3) is 22.2 Å². The molecule has 27 heavy (non-hydrogen) atoms. The summed E-state index contributed by atoms with van der Waals surface area (Å²) in [4.78, 5) is 31.6. The third-order valence-corrected chi connectivity index (χ3v) is 5.82. The van der Waals surface area contributed by atoms with Crippen LogP contribution in [0.5, 0.6) is 0 Å². The summed E-state index contributed by atoms with van der Waals surface area (Å²) in [5, 5.41) is 1.32. The molecule has 2 heterocycles. The Bertz CT molecular complexity index is 1050. The van der Waals surface area contributed by atoms with Gasteiger partial charge in [0.25, 0.3) is 0 Å². The fourth-order valence-corrected chi connectivity index (χ4v) is 4.34. The molecule has 0 atom stereocenters. The topological polar surface area (TPSA) is 55.2 Å². The van der Waals surface area contributed by atoms with Crippen LogP contribution in [0, 0.1) is 0 Å². The predicted octanol–water partition coefficient (Wildman–Crippen LogP) is 3.29. The number of carbonyl (C=O) groups is 1. The van der Waals surface area contributed by atoms with Crippen LogP contribution in [0.1, 0.15) is 0 Å². The number of benzene rings is 2. The summed E-state index contributed by atoms with van der Waals surface area (Å²) in [6.07, 6.45) is 0. The second kappa shape index (κ2) is 7.74. The molecule has 0 unspecified atom stereocenters. The molecule has 0 saturated carbocycles. The molecule has 7 heteroatoms. The van der Waals surface area contributed by atoms with Gasteiger partial charge in [0.2, 0.25) is 5.91 Å². The Hall–Kier alpha value is -2.31. The molecule has 1 saturated heterocycles. The van der Waals surface area contributed by atoms with Crippen molar-refractivity contribution in [2.24, 2.45) is 0 Å². The van der Waals surface area contributed by atoms with E-state index in [0.29, 0.717) is 16.2 Å². The molecule has 0 aliphatic carbocycles. The van der Waals surface area contributed by atoms with E-state index in [9.17, 15) is 9.59 Å². The highest BCUT2D eigenvalue weighted by molar-refractivity contribution is 7.99. The van der Waals surface area contributed by atoms with Gasteiger partial charge in [-0.2, -0.15) is 16.7 Å². The maximum atomic E-state index is 12.8. The van der Waals surface area contributed by atoms with Gasteiger partial charge in [0.1, 0.15) is 6.54 Å². The number of hydrogen-bond donors (Lipinski definition) is 0. The van der Waals surface area contributed by atoms with Gasteiger partial charge in [0, 0.05) is 40.6 Å². The van der Waals surface area contributed by atoms with Gasteiger partial charge in [-0.05, 0) is 18.2 Å². The summed E-state index contributed by atoms with van der Waals surface area (Å²) in [6.45, 7) is 1.43. The number of fused-ring (bicyclic) bond motifs is 1. The molecule has 5 nitrogen and oxygen atoms in total. The van der Waals surface area contributed by atoms with E-state index in [1.54, 1.807) is 18.2 Å². The molecule has 1 aliphatic rings. The van der Waals surface area contributed by atoms with Gasteiger partial charge in [0.05, 0.1) is 11.2 Å². The monoisotopic (exact) mass is 399 g/mol. The smallest absolute Gasteiger partial charge is 0.339 e. The van der Waals surface area contributed by atoms with Crippen molar-refractivity contribution < 1.29 is 4.79 Å². The van der Waals surface area contributed by atoms with Crippen molar-refractivity contribution in [1.82, 2.24) is 14.5 Å². The van der Waals surface area contributed by atoms with E-state index >= 15 is 0 Å². The first-order valence-corrected chi connectivity index (χ1v) is 10.3. The predicted molar refractivity (Wildman–Crippen MR) is 110 cm³/mol. The van der Waals surface area contributed by atoms with Gasteiger partial charge in [-0.25, -0.2) is 4.79 Å². The first-order chi connectivity index (χ1) is 13.1. The van der Waals surface area contributed by atoms with E-state index < -0.39 is 5.69 Å². The van der Waals surface area contributed by atoms with Gasteiger partial charge >= 0.3 is 5.69 Å². The quantitative estimate of drug-likeness (QED) is 0.678. The molecule has 4 rings (SSSR count). The fourth-order valence-electron chi connectivity index (χ4n) is 3.27. The molecule has 0 spiro atoms. The molecule has 0 N–H and O–H groups in total. The molecule has 1 fully saturated rings. The van der Waals surface area contributed by atoms with Gasteiger partial charge in [0.15, 0.2) is 0 Å². The van der Waals surface area contributed by atoms with Crippen LogP contribution in [0.3, 0.4) is 0 Å². The van der Waals surface area contributed by atoms with Gasteiger partial charge in [-0.1, -0.05) is 41.9 Å². The van der Waals surface area contributed by atoms with Crippen LogP contribution in [-0.2, 0) is 11.3 Å². The highest BCUT2D eigenvalue weighted by Gasteiger charge is 2.20. The Morgan fingerprint density at radius 2 is 1.85 bits per heavy atom. The Morgan fingerprint density at radius 3 is 2.59 bits per heavy atom. The zero-order valence-corrected chi connectivity index (χ0v) is 16.2. The Balaban J connectivity index is 1.81.